The summed E-state index contributed by atoms with van der Waals surface area (Å²) in [4.78, 5) is 0. The van der Waals surface area contributed by atoms with Crippen LogP contribution in [-0.4, -0.2) is 21.1 Å². The Labute approximate surface area is 94.3 Å². The summed E-state index contributed by atoms with van der Waals surface area (Å²) in [6, 6.07) is 0. The average molecular weight is 206 g/mol. The molecule has 1 rings (SSSR count). The molecule has 0 atom stereocenters. The topological polar surface area (TPSA) is 0 Å². The molecule has 0 aliphatic carbocycles. The molecule has 0 unspecified atom stereocenters. The fourth-order valence-electron chi connectivity index (χ4n) is 2.49. The van der Waals surface area contributed by atoms with Gasteiger partial charge in [-0.15, -0.1) is 0 Å². The van der Waals surface area contributed by atoms with Gasteiger partial charge >= 0.3 is 0 Å². The van der Waals surface area contributed by atoms with E-state index in [9.17, 15) is 0 Å². The Hall–Kier alpha value is -0.820. The molecule has 0 N–H and O–H groups in total. The quantitative estimate of drug-likeness (QED) is 0.618. The highest BCUT2D eigenvalue weighted by atomic mass is 15.3. The Morgan fingerprint density at radius 3 is 1.07 bits per heavy atom. The third kappa shape index (κ3) is 1.93. The van der Waals surface area contributed by atoms with Crippen molar-refractivity contribution in [3.05, 3.63) is 27.8 Å². The highest BCUT2D eigenvalue weighted by molar-refractivity contribution is 5.63. The summed E-state index contributed by atoms with van der Waals surface area (Å²) < 4.78 is 0.902. The fourth-order valence-corrected chi connectivity index (χ4v) is 2.49. The summed E-state index contributed by atoms with van der Waals surface area (Å²) >= 11 is 0. The van der Waals surface area contributed by atoms with E-state index in [1.54, 1.807) is 0 Å². The van der Waals surface area contributed by atoms with E-state index < -0.39 is 0 Å². The minimum absolute atomic E-state index is 0.902. The second-order valence-electron chi connectivity index (χ2n) is 5.49. The van der Waals surface area contributed by atoms with Crippen LogP contribution in [0.2, 0.25) is 0 Å². The second-order valence-corrected chi connectivity index (χ2v) is 5.49. The summed E-state index contributed by atoms with van der Waals surface area (Å²) in [6.07, 6.45) is 0. The van der Waals surface area contributed by atoms with E-state index in [1.807, 2.05) is 0 Å². The number of hydrogen-bond acceptors (Lipinski definition) is 0. The van der Waals surface area contributed by atoms with Crippen LogP contribution < -0.4 is 4.48 Å². The molecular weight excluding hydrogens is 182 g/mol. The van der Waals surface area contributed by atoms with Crippen LogP contribution in [-0.2, 0) is 0 Å². The van der Waals surface area contributed by atoms with Gasteiger partial charge < -0.3 is 0 Å². The lowest BCUT2D eigenvalue weighted by atomic mass is 9.92. The molecule has 15 heavy (non-hydrogen) atoms. The predicted octanol–water partition coefficient (Wildman–Crippen LogP) is 3.43. The third-order valence-corrected chi connectivity index (χ3v) is 3.63. The first-order valence-corrected chi connectivity index (χ1v) is 5.57. The molecular formula is C14H24N+. The molecule has 1 aromatic rings. The fraction of sp³-hybridized carbons (Fsp3) is 0.571. The molecule has 84 valence electrons. The van der Waals surface area contributed by atoms with Gasteiger partial charge in [0, 0.05) is 11.1 Å². The van der Waals surface area contributed by atoms with E-state index in [1.165, 1.54) is 33.5 Å². The molecule has 0 spiro atoms. The standard InChI is InChI=1S/C14H24N/c1-9-10(2)12(4)14(15(6,7)8)13(5)11(9)3/h1-8H3/q+1. The smallest absolute Gasteiger partial charge is 0.138 e. The van der Waals surface area contributed by atoms with Gasteiger partial charge in [-0.25, -0.2) is 0 Å². The van der Waals surface area contributed by atoms with Gasteiger partial charge in [-0.1, -0.05) is 0 Å². The second kappa shape index (κ2) is 3.64. The summed E-state index contributed by atoms with van der Waals surface area (Å²) in [5.41, 5.74) is 8.70. The van der Waals surface area contributed by atoms with Gasteiger partial charge in [-0.3, -0.25) is 4.48 Å². The zero-order valence-corrected chi connectivity index (χ0v) is 11.4. The predicted molar refractivity (Wildman–Crippen MR) is 69.7 cm³/mol. The van der Waals surface area contributed by atoms with Crippen LogP contribution in [0.4, 0.5) is 5.69 Å². The highest BCUT2D eigenvalue weighted by Gasteiger charge is 2.22. The maximum absolute atomic E-state index is 2.24. The third-order valence-electron chi connectivity index (χ3n) is 3.63. The molecule has 0 heterocycles. The minimum atomic E-state index is 0.902. The Bertz CT molecular complexity index is 366. The largest absolute Gasteiger partial charge is 0.298 e. The van der Waals surface area contributed by atoms with Crippen molar-refractivity contribution in [1.29, 1.82) is 0 Å². The number of rotatable bonds is 1. The Kier molecular flexibility index (Phi) is 2.97. The summed E-state index contributed by atoms with van der Waals surface area (Å²) in [5, 5.41) is 0. The number of nitrogens with zero attached hydrogens (tertiary/aromatic N) is 1. The van der Waals surface area contributed by atoms with Crippen molar-refractivity contribution in [3.8, 4) is 0 Å². The van der Waals surface area contributed by atoms with Crippen molar-refractivity contribution >= 4 is 5.69 Å². The molecule has 0 saturated heterocycles. The maximum atomic E-state index is 2.24. The molecule has 0 saturated carbocycles. The van der Waals surface area contributed by atoms with Crippen LogP contribution in [0.1, 0.15) is 27.8 Å². The van der Waals surface area contributed by atoms with Crippen molar-refractivity contribution in [3.63, 3.8) is 0 Å². The van der Waals surface area contributed by atoms with Gasteiger partial charge in [-0.2, -0.15) is 0 Å². The molecule has 0 bridgehead atoms. The van der Waals surface area contributed by atoms with Gasteiger partial charge in [0.05, 0.1) is 21.1 Å². The molecule has 0 fully saturated rings. The molecule has 0 aliphatic heterocycles. The van der Waals surface area contributed by atoms with E-state index in [-0.39, 0.29) is 0 Å². The molecule has 0 aliphatic rings. The Morgan fingerprint density at radius 2 is 0.800 bits per heavy atom. The van der Waals surface area contributed by atoms with Crippen LogP contribution in [0, 0.1) is 34.6 Å². The summed E-state index contributed by atoms with van der Waals surface area (Å²) in [5.74, 6) is 0. The van der Waals surface area contributed by atoms with Crippen LogP contribution in [0.3, 0.4) is 0 Å². The zero-order chi connectivity index (χ0) is 12.0. The van der Waals surface area contributed by atoms with Crippen LogP contribution in [0.25, 0.3) is 0 Å². The molecule has 0 radical (unpaired) electrons. The molecule has 1 aromatic carbocycles. The molecule has 0 amide bonds. The molecule has 0 aromatic heterocycles. The lowest BCUT2D eigenvalue weighted by molar-refractivity contribution is 0.480. The van der Waals surface area contributed by atoms with Crippen molar-refractivity contribution in [2.24, 2.45) is 0 Å². The highest BCUT2D eigenvalue weighted by Crippen LogP contribution is 2.34. The lowest BCUT2D eigenvalue weighted by Crippen LogP contribution is -2.36. The normalized spacial score (nSPS) is 12.0. The summed E-state index contributed by atoms with van der Waals surface area (Å²) in [6.45, 7) is 11.2. The summed E-state index contributed by atoms with van der Waals surface area (Å²) in [7, 11) is 6.72. The van der Waals surface area contributed by atoms with E-state index in [2.05, 4.69) is 55.8 Å². The van der Waals surface area contributed by atoms with E-state index in [0.29, 0.717) is 0 Å². The zero-order valence-electron chi connectivity index (χ0n) is 11.4. The van der Waals surface area contributed by atoms with Crippen molar-refractivity contribution in [2.45, 2.75) is 34.6 Å². The number of quaternary nitrogens is 1. The SMILES string of the molecule is Cc1c(C)c(C)c([N+](C)(C)C)c(C)c1C. The van der Waals surface area contributed by atoms with Gasteiger partial charge in [0.2, 0.25) is 0 Å². The Balaban J connectivity index is 3.68. The first-order valence-electron chi connectivity index (χ1n) is 5.57. The average Bonchev–Trinajstić information content (AvgIpc) is 2.09. The van der Waals surface area contributed by atoms with Gasteiger partial charge in [0.25, 0.3) is 0 Å². The minimum Gasteiger partial charge on any atom is -0.298 e. The number of hydrogen-bond donors (Lipinski definition) is 0. The number of benzene rings is 1. The van der Waals surface area contributed by atoms with Crippen molar-refractivity contribution in [2.75, 3.05) is 21.1 Å². The maximum Gasteiger partial charge on any atom is 0.138 e. The lowest BCUT2D eigenvalue weighted by Gasteiger charge is -2.29. The van der Waals surface area contributed by atoms with Gasteiger partial charge in [0.1, 0.15) is 5.69 Å². The van der Waals surface area contributed by atoms with Crippen LogP contribution in [0.15, 0.2) is 0 Å². The van der Waals surface area contributed by atoms with Gasteiger partial charge in [-0.05, 0) is 51.3 Å². The van der Waals surface area contributed by atoms with E-state index >= 15 is 0 Å². The van der Waals surface area contributed by atoms with Crippen LogP contribution in [0.5, 0.6) is 0 Å². The van der Waals surface area contributed by atoms with Gasteiger partial charge in [0.15, 0.2) is 0 Å². The molecule has 1 nitrogen and oxygen atoms in total. The van der Waals surface area contributed by atoms with Crippen LogP contribution >= 0.6 is 0 Å². The van der Waals surface area contributed by atoms with Crippen molar-refractivity contribution in [1.82, 2.24) is 4.48 Å². The van der Waals surface area contributed by atoms with Crippen molar-refractivity contribution < 1.29 is 0 Å². The first-order chi connectivity index (χ1) is 6.68. The first kappa shape index (κ1) is 12.3. The van der Waals surface area contributed by atoms with E-state index in [0.717, 1.165) is 4.48 Å². The molecule has 1 heteroatoms. The monoisotopic (exact) mass is 206 g/mol. The Morgan fingerprint density at radius 1 is 0.533 bits per heavy atom. The van der Waals surface area contributed by atoms with E-state index in [4.69, 9.17) is 0 Å².